The predicted octanol–water partition coefficient (Wildman–Crippen LogP) is 6.35. The Hall–Kier alpha value is -4.00. The van der Waals surface area contributed by atoms with Gasteiger partial charge in [0.05, 0.1) is 6.42 Å². The van der Waals surface area contributed by atoms with Crippen molar-refractivity contribution < 1.29 is 19.1 Å². The highest BCUT2D eigenvalue weighted by Gasteiger charge is 2.31. The summed E-state index contributed by atoms with van der Waals surface area (Å²) in [6, 6.07) is 28.4. The first-order valence-corrected chi connectivity index (χ1v) is 13.2. The monoisotopic (exact) mass is 560 g/mol. The number of hydrogen-bond acceptors (Lipinski definition) is 4. The maximum atomic E-state index is 13.8. The third kappa shape index (κ3) is 6.72. The van der Waals surface area contributed by atoms with Crippen molar-refractivity contribution >= 4 is 35.0 Å². The van der Waals surface area contributed by atoms with E-state index in [1.165, 1.54) is 0 Å². The molecule has 0 radical (unpaired) electrons. The molecule has 39 heavy (non-hydrogen) atoms. The Kier molecular flexibility index (Phi) is 8.35. The maximum absolute atomic E-state index is 13.8. The minimum absolute atomic E-state index is 0.115. The van der Waals surface area contributed by atoms with Gasteiger partial charge in [-0.05, 0) is 58.7 Å². The van der Waals surface area contributed by atoms with E-state index in [4.69, 9.17) is 32.7 Å². The number of fused-ring (bicyclic) bond motifs is 1. The van der Waals surface area contributed by atoms with Gasteiger partial charge in [-0.25, -0.2) is 0 Å². The molecule has 5 rings (SSSR count). The normalized spacial score (nSPS) is 12.6. The van der Waals surface area contributed by atoms with E-state index in [0.717, 1.165) is 16.7 Å². The molecule has 1 N–H and O–H groups in total. The van der Waals surface area contributed by atoms with Crippen molar-refractivity contribution in [1.29, 1.82) is 0 Å². The van der Waals surface area contributed by atoms with E-state index >= 15 is 0 Å². The summed E-state index contributed by atoms with van der Waals surface area (Å²) < 4.78 is 10.8. The van der Waals surface area contributed by atoms with E-state index in [-0.39, 0.29) is 38.1 Å². The zero-order valence-electron chi connectivity index (χ0n) is 21.0. The van der Waals surface area contributed by atoms with Crippen LogP contribution in [0.3, 0.4) is 0 Å². The highest BCUT2D eigenvalue weighted by atomic mass is 35.5. The van der Waals surface area contributed by atoms with Gasteiger partial charge in [0.2, 0.25) is 18.6 Å². The smallest absolute Gasteiger partial charge is 0.247 e. The van der Waals surface area contributed by atoms with Gasteiger partial charge in [-0.2, -0.15) is 0 Å². The second-order valence-electron chi connectivity index (χ2n) is 9.17. The van der Waals surface area contributed by atoms with Crippen molar-refractivity contribution in [3.05, 3.63) is 129 Å². The highest BCUT2D eigenvalue weighted by Crippen LogP contribution is 2.32. The molecular weight excluding hydrogens is 535 g/mol. The molecule has 0 saturated heterocycles. The quantitative estimate of drug-likeness (QED) is 0.259. The lowest BCUT2D eigenvalue weighted by Crippen LogP contribution is -2.43. The van der Waals surface area contributed by atoms with Gasteiger partial charge in [0.25, 0.3) is 0 Å². The summed E-state index contributed by atoms with van der Waals surface area (Å²) in [6.45, 7) is 0.663. The largest absolute Gasteiger partial charge is 0.454 e. The number of benzene rings is 4. The van der Waals surface area contributed by atoms with Gasteiger partial charge in [-0.15, -0.1) is 0 Å². The SMILES string of the molecule is O=C(NCc1ccc2c(c1)OCO2)C(c1ccccc1)N(Cc1ccc(Cl)cc1)C(=O)Cc1ccc(Cl)cc1. The lowest BCUT2D eigenvalue weighted by molar-refractivity contribution is -0.141. The summed E-state index contributed by atoms with van der Waals surface area (Å²) in [4.78, 5) is 29.3. The number of carbonyl (C=O) groups excluding carboxylic acids is 2. The summed E-state index contributed by atoms with van der Waals surface area (Å²) in [6.07, 6.45) is 0.115. The van der Waals surface area contributed by atoms with Crippen molar-refractivity contribution in [2.75, 3.05) is 6.79 Å². The van der Waals surface area contributed by atoms with Crippen LogP contribution in [0.2, 0.25) is 10.0 Å². The van der Waals surface area contributed by atoms with Crippen LogP contribution in [-0.4, -0.2) is 23.5 Å². The Morgan fingerprint density at radius 2 is 1.38 bits per heavy atom. The van der Waals surface area contributed by atoms with Crippen LogP contribution in [-0.2, 0) is 29.1 Å². The lowest BCUT2D eigenvalue weighted by Gasteiger charge is -2.32. The number of rotatable bonds is 9. The highest BCUT2D eigenvalue weighted by molar-refractivity contribution is 6.30. The Bertz CT molecular complexity index is 1440. The minimum Gasteiger partial charge on any atom is -0.454 e. The van der Waals surface area contributed by atoms with Gasteiger partial charge in [0.1, 0.15) is 6.04 Å². The average Bonchev–Trinajstić information content (AvgIpc) is 3.42. The van der Waals surface area contributed by atoms with Crippen molar-refractivity contribution in [1.82, 2.24) is 10.2 Å². The Balaban J connectivity index is 1.44. The predicted molar refractivity (Wildman–Crippen MR) is 151 cm³/mol. The molecule has 1 aliphatic heterocycles. The van der Waals surface area contributed by atoms with Crippen LogP contribution in [0, 0.1) is 0 Å². The van der Waals surface area contributed by atoms with E-state index in [0.29, 0.717) is 27.1 Å². The number of amides is 2. The van der Waals surface area contributed by atoms with Crippen molar-refractivity contribution in [3.63, 3.8) is 0 Å². The molecule has 1 heterocycles. The molecule has 0 fully saturated rings. The second-order valence-corrected chi connectivity index (χ2v) is 10.0. The summed E-state index contributed by atoms with van der Waals surface area (Å²) in [5.74, 6) is 0.828. The minimum atomic E-state index is -0.865. The maximum Gasteiger partial charge on any atom is 0.247 e. The molecule has 0 spiro atoms. The van der Waals surface area contributed by atoms with E-state index in [2.05, 4.69) is 5.32 Å². The van der Waals surface area contributed by atoms with Gasteiger partial charge in [-0.3, -0.25) is 9.59 Å². The van der Waals surface area contributed by atoms with Crippen LogP contribution in [0.1, 0.15) is 28.3 Å². The standard InChI is InChI=1S/C31H26Cl2N2O4/c32-25-11-6-21(7-12-25)17-29(36)35(19-22-8-13-26(33)14-9-22)30(24-4-2-1-3-5-24)31(37)34-18-23-10-15-27-28(16-23)39-20-38-27/h1-16,30H,17-20H2,(H,34,37). The van der Waals surface area contributed by atoms with Gasteiger partial charge >= 0.3 is 0 Å². The first kappa shape index (κ1) is 26.6. The molecule has 198 valence electrons. The van der Waals surface area contributed by atoms with Crippen LogP contribution in [0.25, 0.3) is 0 Å². The third-order valence-corrected chi connectivity index (χ3v) is 6.94. The summed E-state index contributed by atoms with van der Waals surface area (Å²) >= 11 is 12.1. The average molecular weight is 561 g/mol. The van der Waals surface area contributed by atoms with E-state index in [9.17, 15) is 9.59 Å². The lowest BCUT2D eigenvalue weighted by atomic mass is 10.0. The molecule has 0 saturated carbocycles. The van der Waals surface area contributed by atoms with Gasteiger partial charge in [-0.1, -0.05) is 83.9 Å². The van der Waals surface area contributed by atoms with E-state index in [1.807, 2.05) is 72.8 Å². The van der Waals surface area contributed by atoms with Crippen LogP contribution in [0.15, 0.2) is 97.1 Å². The Labute approximate surface area is 237 Å². The van der Waals surface area contributed by atoms with Crippen LogP contribution < -0.4 is 14.8 Å². The summed E-state index contributed by atoms with van der Waals surface area (Å²) in [5.41, 5.74) is 3.22. The zero-order chi connectivity index (χ0) is 27.2. The molecule has 0 aliphatic carbocycles. The number of carbonyl (C=O) groups is 2. The number of ether oxygens (including phenoxy) is 2. The molecule has 6 nitrogen and oxygen atoms in total. The van der Waals surface area contributed by atoms with Crippen LogP contribution in [0.4, 0.5) is 0 Å². The molecule has 4 aromatic carbocycles. The molecular formula is C31H26Cl2N2O4. The van der Waals surface area contributed by atoms with Gasteiger partial charge < -0.3 is 19.7 Å². The van der Waals surface area contributed by atoms with Crippen molar-refractivity contribution in [3.8, 4) is 11.5 Å². The molecule has 1 aliphatic rings. The van der Waals surface area contributed by atoms with Gasteiger partial charge in [0.15, 0.2) is 11.5 Å². The number of hydrogen-bond donors (Lipinski definition) is 1. The molecule has 0 bridgehead atoms. The Morgan fingerprint density at radius 1 is 0.769 bits per heavy atom. The van der Waals surface area contributed by atoms with Gasteiger partial charge in [0, 0.05) is 23.1 Å². The van der Waals surface area contributed by atoms with E-state index < -0.39 is 6.04 Å². The molecule has 8 heteroatoms. The summed E-state index contributed by atoms with van der Waals surface area (Å²) in [7, 11) is 0. The summed E-state index contributed by atoms with van der Waals surface area (Å²) in [5, 5.41) is 4.21. The third-order valence-electron chi connectivity index (χ3n) is 6.43. The molecule has 2 amide bonds. The first-order chi connectivity index (χ1) is 19.0. The topological polar surface area (TPSA) is 67.9 Å². The molecule has 1 unspecified atom stereocenters. The second kappa shape index (κ2) is 12.2. The molecule has 0 aromatic heterocycles. The molecule has 4 aromatic rings. The number of nitrogens with zero attached hydrogens (tertiary/aromatic N) is 1. The number of nitrogens with one attached hydrogen (secondary N) is 1. The van der Waals surface area contributed by atoms with Crippen molar-refractivity contribution in [2.45, 2.75) is 25.6 Å². The number of halogens is 2. The fourth-order valence-electron chi connectivity index (χ4n) is 4.43. The zero-order valence-corrected chi connectivity index (χ0v) is 22.5. The van der Waals surface area contributed by atoms with Crippen molar-refractivity contribution in [2.24, 2.45) is 0 Å². The first-order valence-electron chi connectivity index (χ1n) is 12.5. The van der Waals surface area contributed by atoms with Crippen LogP contribution in [0.5, 0.6) is 11.5 Å². The molecule has 1 atom stereocenters. The fraction of sp³-hybridized carbons (Fsp3) is 0.161. The van der Waals surface area contributed by atoms with Crippen LogP contribution >= 0.6 is 23.2 Å². The Morgan fingerprint density at radius 3 is 2.08 bits per heavy atom. The van der Waals surface area contributed by atoms with E-state index in [1.54, 1.807) is 29.2 Å². The fourth-order valence-corrected chi connectivity index (χ4v) is 4.69.